The van der Waals surface area contributed by atoms with E-state index in [1.54, 1.807) is 13.8 Å². The molecular weight excluding hydrogens is 484 g/mol. The van der Waals surface area contributed by atoms with Crippen LogP contribution >= 0.6 is 0 Å². The summed E-state index contributed by atoms with van der Waals surface area (Å²) < 4.78 is 93.3. The normalized spacial score (nSPS) is 11.5. The van der Waals surface area contributed by atoms with Gasteiger partial charge in [0.05, 0.1) is 10.9 Å². The number of hydrogen-bond donors (Lipinski definition) is 1. The van der Waals surface area contributed by atoms with Crippen molar-refractivity contribution in [3.8, 4) is 23.0 Å². The lowest BCUT2D eigenvalue weighted by Gasteiger charge is -2.19. The van der Waals surface area contributed by atoms with Gasteiger partial charge in [-0.25, -0.2) is 0 Å². The van der Waals surface area contributed by atoms with Crippen molar-refractivity contribution in [3.63, 3.8) is 0 Å². The van der Waals surface area contributed by atoms with Crippen LogP contribution in [0.25, 0.3) is 10.9 Å². The molecule has 0 amide bonds. The Balaban J connectivity index is 0.00000137. The van der Waals surface area contributed by atoms with Crippen molar-refractivity contribution in [3.05, 3.63) is 53.2 Å². The van der Waals surface area contributed by atoms with Gasteiger partial charge in [-0.2, -0.15) is 13.2 Å². The van der Waals surface area contributed by atoms with Gasteiger partial charge < -0.3 is 19.3 Å². The molecule has 0 fully saturated rings. The Morgan fingerprint density at radius 3 is 2.00 bits per heavy atom. The Morgan fingerprint density at radius 2 is 1.51 bits per heavy atom. The number of nitrogens with zero attached hydrogens (tertiary/aromatic N) is 1. The van der Waals surface area contributed by atoms with Gasteiger partial charge in [-0.1, -0.05) is 0 Å². The maximum Gasteiger partial charge on any atom is 0.573 e. The van der Waals surface area contributed by atoms with Gasteiger partial charge in [-0.3, -0.25) is 9.78 Å². The van der Waals surface area contributed by atoms with Crippen molar-refractivity contribution in [1.82, 2.24) is 4.98 Å². The fourth-order valence-corrected chi connectivity index (χ4v) is 2.99. The number of carbonyl (C=O) groups excluding carboxylic acids is 1. The maximum atomic E-state index is 14.1. The lowest BCUT2D eigenvalue weighted by Crippen LogP contribution is -2.16. The molecule has 0 aliphatic carbocycles. The van der Waals surface area contributed by atoms with Gasteiger partial charge in [0.25, 0.3) is 0 Å². The fourth-order valence-electron chi connectivity index (χ4n) is 2.99. The summed E-state index contributed by atoms with van der Waals surface area (Å²) in [6.45, 7) is 6.01. The minimum absolute atomic E-state index is 0.0713. The first-order chi connectivity index (χ1) is 16.2. The molecule has 0 saturated heterocycles. The Bertz CT molecular complexity index is 1190. The fraction of sp³-hybridized carbons (Fsp3) is 0.304. The van der Waals surface area contributed by atoms with Crippen molar-refractivity contribution in [1.29, 1.82) is 0 Å². The van der Waals surface area contributed by atoms with E-state index in [9.17, 15) is 31.1 Å². The average Bonchev–Trinajstić information content (AvgIpc) is 2.71. The molecule has 12 heteroatoms. The molecule has 1 aromatic heterocycles. The molecule has 6 nitrogen and oxygen atoms in total. The smallest absolute Gasteiger partial charge is 0.457 e. The first-order valence-corrected chi connectivity index (χ1v) is 10.0. The minimum Gasteiger partial charge on any atom is -0.457 e. The Hall–Kier alpha value is -3.54. The third kappa shape index (κ3) is 7.22. The Kier molecular flexibility index (Phi) is 8.55. The number of benzene rings is 2. The van der Waals surface area contributed by atoms with Gasteiger partial charge in [-0.05, 0) is 57.2 Å². The molecule has 0 bridgehead atoms. The second kappa shape index (κ2) is 10.8. The number of halogens is 6. The van der Waals surface area contributed by atoms with Crippen LogP contribution in [-0.4, -0.2) is 29.0 Å². The molecule has 3 rings (SSSR count). The van der Waals surface area contributed by atoms with Crippen LogP contribution in [0.2, 0.25) is 0 Å². The van der Waals surface area contributed by atoms with E-state index in [0.29, 0.717) is 5.69 Å². The first kappa shape index (κ1) is 27.7. The largest absolute Gasteiger partial charge is 0.573 e. The number of aryl methyl sites for hydroxylation is 1. The third-order valence-corrected chi connectivity index (χ3v) is 4.36. The van der Waals surface area contributed by atoms with Crippen molar-refractivity contribution in [2.24, 2.45) is 0 Å². The predicted molar refractivity (Wildman–Crippen MR) is 113 cm³/mol. The highest BCUT2D eigenvalue weighted by Crippen LogP contribution is 2.46. The number of rotatable bonds is 4. The molecule has 1 N–H and O–H groups in total. The number of alkyl halides is 6. The number of fused-ring (bicyclic) bond motifs is 1. The Morgan fingerprint density at radius 1 is 0.971 bits per heavy atom. The summed E-state index contributed by atoms with van der Waals surface area (Å²) in [6.07, 6.45) is -9.85. The van der Waals surface area contributed by atoms with E-state index < -0.39 is 41.0 Å². The lowest BCUT2D eigenvalue weighted by molar-refractivity contribution is -0.274. The average molecular weight is 505 g/mol. The molecule has 3 aromatic rings. The zero-order chi connectivity index (χ0) is 26.6. The van der Waals surface area contributed by atoms with Crippen molar-refractivity contribution in [2.75, 3.05) is 6.61 Å². The van der Waals surface area contributed by atoms with E-state index in [4.69, 9.17) is 14.6 Å². The van der Waals surface area contributed by atoms with E-state index in [1.165, 1.54) is 13.0 Å². The molecule has 0 saturated carbocycles. The standard InChI is InChI=1S/C21H15F6NO4.C2H6O/c1-10-11(2)28-15-8-9-16(18(20(22,23)24)17(15)19(10)30-12(3)29)31-13-4-6-14(7-5-13)32-21(25,26)27;1-2-3/h4-9H,1-3H3;3H,2H2,1H3. The molecule has 190 valence electrons. The summed E-state index contributed by atoms with van der Waals surface area (Å²) in [5, 5.41) is 7.10. The number of aromatic nitrogens is 1. The molecule has 2 aromatic carbocycles. The summed E-state index contributed by atoms with van der Waals surface area (Å²) in [6, 6.07) is 6.14. The number of esters is 1. The predicted octanol–water partition coefficient (Wildman–Crippen LogP) is 6.49. The number of aliphatic hydroxyl groups excluding tert-OH is 1. The summed E-state index contributed by atoms with van der Waals surface area (Å²) >= 11 is 0. The highest BCUT2D eigenvalue weighted by Gasteiger charge is 2.39. The summed E-state index contributed by atoms with van der Waals surface area (Å²) in [7, 11) is 0. The van der Waals surface area contributed by atoms with Crippen LogP contribution in [-0.2, 0) is 11.0 Å². The summed E-state index contributed by atoms with van der Waals surface area (Å²) in [4.78, 5) is 15.7. The van der Waals surface area contributed by atoms with Crippen molar-refractivity contribution < 1.29 is 50.5 Å². The first-order valence-electron chi connectivity index (χ1n) is 10.0. The van der Waals surface area contributed by atoms with Crippen LogP contribution in [0.5, 0.6) is 23.0 Å². The van der Waals surface area contributed by atoms with Gasteiger partial charge in [0.1, 0.15) is 28.6 Å². The van der Waals surface area contributed by atoms with Gasteiger partial charge in [0, 0.05) is 24.8 Å². The molecule has 1 heterocycles. The second-order valence-electron chi connectivity index (χ2n) is 7.01. The van der Waals surface area contributed by atoms with E-state index in [2.05, 4.69) is 9.72 Å². The van der Waals surface area contributed by atoms with E-state index in [1.807, 2.05) is 0 Å². The van der Waals surface area contributed by atoms with Crippen LogP contribution in [0, 0.1) is 13.8 Å². The number of carbonyl (C=O) groups is 1. The van der Waals surface area contributed by atoms with Gasteiger partial charge in [0.15, 0.2) is 0 Å². The van der Waals surface area contributed by atoms with Gasteiger partial charge >= 0.3 is 18.5 Å². The van der Waals surface area contributed by atoms with E-state index >= 15 is 0 Å². The van der Waals surface area contributed by atoms with E-state index in [-0.39, 0.29) is 29.2 Å². The van der Waals surface area contributed by atoms with Crippen LogP contribution in [0.1, 0.15) is 30.7 Å². The van der Waals surface area contributed by atoms with Crippen LogP contribution in [0.3, 0.4) is 0 Å². The molecule has 35 heavy (non-hydrogen) atoms. The SMILES string of the molecule is CC(=O)Oc1c(C)c(C)nc2ccc(Oc3ccc(OC(F)(F)F)cc3)c(C(F)(F)F)c12.CCO. The van der Waals surface area contributed by atoms with Gasteiger partial charge in [-0.15, -0.1) is 13.2 Å². The molecular formula is C23H21F6NO5. The minimum atomic E-state index is -4.94. The zero-order valence-electron chi connectivity index (χ0n) is 19.0. The number of ether oxygens (including phenoxy) is 3. The molecule has 0 radical (unpaired) electrons. The van der Waals surface area contributed by atoms with Crippen molar-refractivity contribution in [2.45, 2.75) is 40.2 Å². The third-order valence-electron chi connectivity index (χ3n) is 4.36. The molecule has 0 aliphatic heterocycles. The number of pyridine rings is 1. The number of aliphatic hydroxyl groups is 1. The van der Waals surface area contributed by atoms with Crippen LogP contribution < -0.4 is 14.2 Å². The van der Waals surface area contributed by atoms with Crippen LogP contribution in [0.4, 0.5) is 26.3 Å². The monoisotopic (exact) mass is 505 g/mol. The summed E-state index contributed by atoms with van der Waals surface area (Å²) in [5.74, 6) is -2.50. The molecule has 0 spiro atoms. The topological polar surface area (TPSA) is 77.9 Å². The van der Waals surface area contributed by atoms with Crippen LogP contribution in [0.15, 0.2) is 36.4 Å². The number of hydrogen-bond acceptors (Lipinski definition) is 6. The maximum absolute atomic E-state index is 14.1. The molecule has 0 unspecified atom stereocenters. The molecule has 0 atom stereocenters. The van der Waals surface area contributed by atoms with Crippen molar-refractivity contribution >= 4 is 16.9 Å². The second-order valence-corrected chi connectivity index (χ2v) is 7.01. The highest BCUT2D eigenvalue weighted by atomic mass is 19.4. The lowest BCUT2D eigenvalue weighted by atomic mass is 10.0. The molecule has 0 aliphatic rings. The van der Waals surface area contributed by atoms with Gasteiger partial charge in [0.2, 0.25) is 0 Å². The zero-order valence-corrected chi connectivity index (χ0v) is 19.0. The Labute approximate surface area is 196 Å². The quantitative estimate of drug-likeness (QED) is 0.323. The van der Waals surface area contributed by atoms with E-state index in [0.717, 1.165) is 37.3 Å². The summed E-state index contributed by atoms with van der Waals surface area (Å²) in [5.41, 5.74) is -0.699. The highest BCUT2D eigenvalue weighted by molar-refractivity contribution is 5.94.